The number of anilines is 1. The van der Waals surface area contributed by atoms with E-state index >= 15 is 0 Å². The monoisotopic (exact) mass is 325 g/mol. The summed E-state index contributed by atoms with van der Waals surface area (Å²) in [4.78, 5) is 7.08. The molecule has 24 heavy (non-hydrogen) atoms. The molecule has 1 fully saturated rings. The molecular weight excluding hydrogens is 302 g/mol. The second-order valence-corrected chi connectivity index (χ2v) is 6.53. The highest BCUT2D eigenvalue weighted by atomic mass is 16.4. The SMILES string of the molecule is CCCc1nnc(N2CCC[C@H](c3nc4ccccc4n3C)C2)o1. The number of rotatable bonds is 4. The number of hydrogen-bond acceptors (Lipinski definition) is 5. The van der Waals surface area contributed by atoms with E-state index in [2.05, 4.69) is 51.8 Å². The van der Waals surface area contributed by atoms with E-state index in [1.165, 1.54) is 5.52 Å². The predicted molar refractivity (Wildman–Crippen MR) is 93.2 cm³/mol. The van der Waals surface area contributed by atoms with Gasteiger partial charge in [0.05, 0.1) is 11.0 Å². The minimum Gasteiger partial charge on any atom is -0.408 e. The summed E-state index contributed by atoms with van der Waals surface area (Å²) in [5.41, 5.74) is 2.25. The van der Waals surface area contributed by atoms with Gasteiger partial charge in [0.2, 0.25) is 5.89 Å². The molecule has 1 aromatic carbocycles. The summed E-state index contributed by atoms with van der Waals surface area (Å²) in [6.45, 7) is 3.96. The highest BCUT2D eigenvalue weighted by Gasteiger charge is 2.28. The maximum atomic E-state index is 5.81. The average Bonchev–Trinajstić information content (AvgIpc) is 3.21. The zero-order valence-electron chi connectivity index (χ0n) is 14.3. The third-order valence-electron chi connectivity index (χ3n) is 4.80. The zero-order chi connectivity index (χ0) is 16.5. The molecule has 0 bridgehead atoms. The molecule has 1 saturated heterocycles. The van der Waals surface area contributed by atoms with E-state index in [0.717, 1.165) is 56.0 Å². The van der Waals surface area contributed by atoms with E-state index in [-0.39, 0.29) is 0 Å². The normalized spacial score (nSPS) is 18.4. The number of nitrogens with zero attached hydrogens (tertiary/aromatic N) is 5. The van der Waals surface area contributed by atoms with Gasteiger partial charge in [0.25, 0.3) is 0 Å². The van der Waals surface area contributed by atoms with Gasteiger partial charge in [-0.05, 0) is 31.4 Å². The molecule has 0 N–H and O–H groups in total. The predicted octanol–water partition coefficient (Wildman–Crippen LogP) is 3.29. The lowest BCUT2D eigenvalue weighted by molar-refractivity contribution is 0.429. The lowest BCUT2D eigenvalue weighted by Gasteiger charge is -2.30. The van der Waals surface area contributed by atoms with E-state index in [9.17, 15) is 0 Å². The Labute approximate surface area is 141 Å². The third-order valence-corrected chi connectivity index (χ3v) is 4.80. The summed E-state index contributed by atoms with van der Waals surface area (Å²) >= 11 is 0. The van der Waals surface area contributed by atoms with Crippen molar-refractivity contribution < 1.29 is 4.42 Å². The minimum absolute atomic E-state index is 0.387. The van der Waals surface area contributed by atoms with Gasteiger partial charge < -0.3 is 13.9 Å². The smallest absolute Gasteiger partial charge is 0.318 e. The number of imidazole rings is 1. The standard InChI is InChI=1S/C18H23N5O/c1-3-7-16-20-21-18(24-16)23-11-6-8-13(12-23)17-19-14-9-4-5-10-15(14)22(17)2/h4-5,9-10,13H,3,6-8,11-12H2,1-2H3/t13-/m0/s1. The van der Waals surface area contributed by atoms with Gasteiger partial charge in [-0.15, -0.1) is 5.10 Å². The van der Waals surface area contributed by atoms with E-state index in [4.69, 9.17) is 9.40 Å². The molecule has 0 aliphatic carbocycles. The molecule has 6 nitrogen and oxygen atoms in total. The highest BCUT2D eigenvalue weighted by molar-refractivity contribution is 5.75. The van der Waals surface area contributed by atoms with Gasteiger partial charge in [-0.3, -0.25) is 0 Å². The average molecular weight is 325 g/mol. The van der Waals surface area contributed by atoms with Crippen molar-refractivity contribution in [2.45, 2.75) is 38.5 Å². The van der Waals surface area contributed by atoms with E-state index < -0.39 is 0 Å². The summed E-state index contributed by atoms with van der Waals surface area (Å²) in [7, 11) is 2.11. The molecule has 2 aromatic heterocycles. The number of aryl methyl sites for hydroxylation is 2. The first-order valence-corrected chi connectivity index (χ1v) is 8.75. The number of hydrogen-bond donors (Lipinski definition) is 0. The van der Waals surface area contributed by atoms with Crippen molar-refractivity contribution in [3.05, 3.63) is 36.0 Å². The number of piperidine rings is 1. The molecule has 0 spiro atoms. The summed E-state index contributed by atoms with van der Waals surface area (Å²) < 4.78 is 8.04. The summed E-state index contributed by atoms with van der Waals surface area (Å²) in [6.07, 6.45) is 4.11. The van der Waals surface area contributed by atoms with Crippen molar-refractivity contribution in [1.82, 2.24) is 19.7 Å². The van der Waals surface area contributed by atoms with Gasteiger partial charge >= 0.3 is 6.01 Å². The maximum Gasteiger partial charge on any atom is 0.318 e. The van der Waals surface area contributed by atoms with Crippen molar-refractivity contribution in [2.24, 2.45) is 7.05 Å². The molecule has 1 aliphatic rings. The lowest BCUT2D eigenvalue weighted by atomic mass is 9.97. The van der Waals surface area contributed by atoms with Crippen LogP contribution in [0.25, 0.3) is 11.0 Å². The van der Waals surface area contributed by atoms with E-state index in [1.54, 1.807) is 0 Å². The van der Waals surface area contributed by atoms with Crippen LogP contribution in [0.4, 0.5) is 6.01 Å². The third kappa shape index (κ3) is 2.66. The largest absolute Gasteiger partial charge is 0.408 e. The second kappa shape index (κ2) is 6.26. The Morgan fingerprint density at radius 3 is 2.96 bits per heavy atom. The van der Waals surface area contributed by atoms with Crippen molar-refractivity contribution in [2.75, 3.05) is 18.0 Å². The second-order valence-electron chi connectivity index (χ2n) is 6.53. The quantitative estimate of drug-likeness (QED) is 0.736. The van der Waals surface area contributed by atoms with Crippen molar-refractivity contribution >= 4 is 17.0 Å². The van der Waals surface area contributed by atoms with Crippen LogP contribution in [0.1, 0.15) is 43.8 Å². The fourth-order valence-corrected chi connectivity index (χ4v) is 3.58. The Morgan fingerprint density at radius 1 is 1.25 bits per heavy atom. The molecule has 0 radical (unpaired) electrons. The molecule has 126 valence electrons. The molecule has 1 atom stereocenters. The lowest BCUT2D eigenvalue weighted by Crippen LogP contribution is -2.35. The molecule has 3 heterocycles. The van der Waals surface area contributed by atoms with Gasteiger partial charge in [0.15, 0.2) is 0 Å². The van der Waals surface area contributed by atoms with Crippen molar-refractivity contribution in [3.8, 4) is 0 Å². The number of para-hydroxylation sites is 2. The Hall–Kier alpha value is -2.37. The van der Waals surface area contributed by atoms with Crippen LogP contribution in [-0.2, 0) is 13.5 Å². The number of aromatic nitrogens is 4. The van der Waals surface area contributed by atoms with Crippen LogP contribution in [0.5, 0.6) is 0 Å². The van der Waals surface area contributed by atoms with Crippen LogP contribution < -0.4 is 4.90 Å². The zero-order valence-corrected chi connectivity index (χ0v) is 14.3. The Balaban J connectivity index is 1.58. The van der Waals surface area contributed by atoms with E-state index in [1.807, 2.05) is 6.07 Å². The van der Waals surface area contributed by atoms with Crippen LogP contribution >= 0.6 is 0 Å². The molecular formula is C18H23N5O. The fraction of sp³-hybridized carbons (Fsp3) is 0.500. The van der Waals surface area contributed by atoms with Crippen molar-refractivity contribution in [1.29, 1.82) is 0 Å². The van der Waals surface area contributed by atoms with Gasteiger partial charge in [0.1, 0.15) is 5.82 Å². The number of benzene rings is 1. The first-order valence-electron chi connectivity index (χ1n) is 8.75. The van der Waals surface area contributed by atoms with Crippen LogP contribution in [0.2, 0.25) is 0 Å². The first kappa shape index (κ1) is 15.2. The molecule has 1 aliphatic heterocycles. The number of fused-ring (bicyclic) bond motifs is 1. The molecule has 6 heteroatoms. The van der Waals surface area contributed by atoms with Crippen LogP contribution in [0, 0.1) is 0 Å². The summed E-state index contributed by atoms with van der Waals surface area (Å²) in [6, 6.07) is 8.96. The van der Waals surface area contributed by atoms with E-state index in [0.29, 0.717) is 11.9 Å². The fourth-order valence-electron chi connectivity index (χ4n) is 3.58. The topological polar surface area (TPSA) is 60.0 Å². The molecule has 0 saturated carbocycles. The Bertz CT molecular complexity index is 837. The maximum absolute atomic E-state index is 5.81. The highest BCUT2D eigenvalue weighted by Crippen LogP contribution is 2.30. The summed E-state index contributed by atoms with van der Waals surface area (Å²) in [5, 5.41) is 8.39. The van der Waals surface area contributed by atoms with Gasteiger partial charge in [-0.1, -0.05) is 24.2 Å². The first-order chi connectivity index (χ1) is 11.8. The summed E-state index contributed by atoms with van der Waals surface area (Å²) in [5.74, 6) is 2.27. The van der Waals surface area contributed by atoms with Crippen LogP contribution in [-0.4, -0.2) is 32.8 Å². The van der Waals surface area contributed by atoms with Crippen molar-refractivity contribution in [3.63, 3.8) is 0 Å². The Kier molecular flexibility index (Phi) is 3.96. The van der Waals surface area contributed by atoms with Gasteiger partial charge in [0, 0.05) is 32.5 Å². The molecule has 0 amide bonds. The van der Waals surface area contributed by atoms with Gasteiger partial charge in [-0.2, -0.15) is 0 Å². The molecule has 3 aromatic rings. The van der Waals surface area contributed by atoms with Crippen LogP contribution in [0.3, 0.4) is 0 Å². The Morgan fingerprint density at radius 2 is 2.12 bits per heavy atom. The molecule has 4 rings (SSSR count). The molecule has 0 unspecified atom stereocenters. The van der Waals surface area contributed by atoms with Gasteiger partial charge in [-0.25, -0.2) is 4.98 Å². The van der Waals surface area contributed by atoms with Crippen LogP contribution in [0.15, 0.2) is 28.7 Å². The minimum atomic E-state index is 0.387.